The van der Waals surface area contributed by atoms with Gasteiger partial charge in [0, 0.05) is 18.1 Å². The zero-order valence-electron chi connectivity index (χ0n) is 10.8. The van der Waals surface area contributed by atoms with Crippen molar-refractivity contribution in [1.29, 1.82) is 0 Å². The first-order valence-corrected chi connectivity index (χ1v) is 7.49. The first kappa shape index (κ1) is 11.9. The van der Waals surface area contributed by atoms with Crippen molar-refractivity contribution in [2.45, 2.75) is 75.6 Å². The molecule has 2 atom stereocenters. The van der Waals surface area contributed by atoms with Crippen LogP contribution in [0.1, 0.15) is 51.4 Å². The van der Waals surface area contributed by atoms with E-state index in [9.17, 15) is 5.11 Å². The molecule has 0 bridgehead atoms. The van der Waals surface area contributed by atoms with E-state index in [0.717, 1.165) is 24.9 Å². The molecule has 98 valence electrons. The van der Waals surface area contributed by atoms with Crippen molar-refractivity contribution in [2.24, 2.45) is 0 Å². The summed E-state index contributed by atoms with van der Waals surface area (Å²) in [6.07, 6.45) is 9.84. The molecule has 0 aromatic heterocycles. The van der Waals surface area contributed by atoms with Crippen LogP contribution in [0.25, 0.3) is 0 Å². The van der Waals surface area contributed by atoms with E-state index in [4.69, 9.17) is 0 Å². The van der Waals surface area contributed by atoms with E-state index < -0.39 is 0 Å². The summed E-state index contributed by atoms with van der Waals surface area (Å²) in [4.78, 5) is 2.68. The van der Waals surface area contributed by atoms with Gasteiger partial charge in [-0.25, -0.2) is 0 Å². The second-order valence-electron chi connectivity index (χ2n) is 6.23. The lowest BCUT2D eigenvalue weighted by molar-refractivity contribution is 0.104. The molecule has 17 heavy (non-hydrogen) atoms. The summed E-state index contributed by atoms with van der Waals surface area (Å²) in [5.41, 5.74) is 0. The van der Waals surface area contributed by atoms with Gasteiger partial charge in [-0.1, -0.05) is 0 Å². The minimum atomic E-state index is -0.0234. The summed E-state index contributed by atoms with van der Waals surface area (Å²) >= 11 is 0. The Morgan fingerprint density at radius 3 is 2.53 bits per heavy atom. The van der Waals surface area contributed by atoms with Gasteiger partial charge < -0.3 is 15.3 Å². The summed E-state index contributed by atoms with van der Waals surface area (Å²) in [7, 11) is 0. The van der Waals surface area contributed by atoms with Crippen LogP contribution in [0.5, 0.6) is 0 Å². The van der Waals surface area contributed by atoms with Crippen LogP contribution in [0.2, 0.25) is 0 Å². The number of hydrogen-bond donors (Lipinski definition) is 2. The maximum Gasteiger partial charge on any atom is 0.0541 e. The molecule has 0 amide bonds. The highest BCUT2D eigenvalue weighted by Crippen LogP contribution is 2.28. The third-order valence-electron chi connectivity index (χ3n) is 4.99. The Kier molecular flexibility index (Phi) is 3.69. The summed E-state index contributed by atoms with van der Waals surface area (Å²) in [6, 6.07) is 2.29. The predicted octanol–water partition coefficient (Wildman–Crippen LogP) is 1.51. The van der Waals surface area contributed by atoms with Crippen LogP contribution >= 0.6 is 0 Å². The molecule has 1 saturated carbocycles. The largest absolute Gasteiger partial charge is 0.393 e. The van der Waals surface area contributed by atoms with Gasteiger partial charge in [-0.05, 0) is 64.5 Å². The fraction of sp³-hybridized carbons (Fsp3) is 1.00. The fourth-order valence-electron chi connectivity index (χ4n) is 3.95. The summed E-state index contributed by atoms with van der Waals surface area (Å²) in [5.74, 6) is 0. The van der Waals surface area contributed by atoms with E-state index in [0.29, 0.717) is 6.04 Å². The number of nitrogens with one attached hydrogen (secondary N) is 1. The van der Waals surface area contributed by atoms with Gasteiger partial charge in [0.05, 0.1) is 6.10 Å². The molecule has 2 N–H and O–H groups in total. The number of piperidine rings is 1. The van der Waals surface area contributed by atoms with Gasteiger partial charge in [0.1, 0.15) is 0 Å². The number of nitrogens with zero attached hydrogens (tertiary/aromatic N) is 1. The monoisotopic (exact) mass is 238 g/mol. The van der Waals surface area contributed by atoms with Crippen LogP contribution in [-0.4, -0.2) is 47.3 Å². The maximum atomic E-state index is 9.52. The zero-order valence-corrected chi connectivity index (χ0v) is 10.8. The van der Waals surface area contributed by atoms with Gasteiger partial charge in [-0.15, -0.1) is 0 Å². The Hall–Kier alpha value is -0.120. The van der Waals surface area contributed by atoms with Crippen LogP contribution in [0.4, 0.5) is 0 Å². The van der Waals surface area contributed by atoms with E-state index in [1.54, 1.807) is 0 Å². The Balaban J connectivity index is 1.46. The van der Waals surface area contributed by atoms with Crippen LogP contribution < -0.4 is 5.32 Å². The molecule has 0 aromatic rings. The normalized spacial score (nSPS) is 43.6. The van der Waals surface area contributed by atoms with Gasteiger partial charge in [-0.2, -0.15) is 0 Å². The van der Waals surface area contributed by atoms with Crippen molar-refractivity contribution in [3.63, 3.8) is 0 Å². The van der Waals surface area contributed by atoms with Gasteiger partial charge >= 0.3 is 0 Å². The fourth-order valence-corrected chi connectivity index (χ4v) is 3.95. The number of hydrogen-bond acceptors (Lipinski definition) is 3. The second-order valence-corrected chi connectivity index (χ2v) is 6.23. The number of aliphatic hydroxyl groups excluding tert-OH is 1. The lowest BCUT2D eigenvalue weighted by Gasteiger charge is -2.38. The number of aliphatic hydroxyl groups is 1. The van der Waals surface area contributed by atoms with Crippen molar-refractivity contribution in [2.75, 3.05) is 13.1 Å². The lowest BCUT2D eigenvalue weighted by Crippen LogP contribution is -2.49. The minimum absolute atomic E-state index is 0.0234. The van der Waals surface area contributed by atoms with E-state index >= 15 is 0 Å². The van der Waals surface area contributed by atoms with Gasteiger partial charge in [-0.3, -0.25) is 0 Å². The van der Waals surface area contributed by atoms with Crippen LogP contribution in [0, 0.1) is 0 Å². The van der Waals surface area contributed by atoms with Crippen molar-refractivity contribution in [3.05, 3.63) is 0 Å². The van der Waals surface area contributed by atoms with Crippen molar-refractivity contribution in [3.8, 4) is 0 Å². The molecule has 3 rings (SSSR count). The molecule has 2 saturated heterocycles. The summed E-state index contributed by atoms with van der Waals surface area (Å²) in [5, 5.41) is 13.4. The third-order valence-corrected chi connectivity index (χ3v) is 4.99. The van der Waals surface area contributed by atoms with Gasteiger partial charge in [0.25, 0.3) is 0 Å². The van der Waals surface area contributed by atoms with E-state index in [-0.39, 0.29) is 6.10 Å². The average Bonchev–Trinajstić information content (AvgIpc) is 2.79. The van der Waals surface area contributed by atoms with Gasteiger partial charge in [0.15, 0.2) is 0 Å². The highest BCUT2D eigenvalue weighted by molar-refractivity contribution is 4.91. The standard InChI is InChI=1S/C14H26N2O/c17-14-5-3-11(4-6-14)15-12-7-9-16-8-1-2-13(16)10-12/h11-15,17H,1-10H2. The molecular formula is C14H26N2O. The van der Waals surface area contributed by atoms with Gasteiger partial charge in [0.2, 0.25) is 0 Å². The molecule has 2 heterocycles. The summed E-state index contributed by atoms with van der Waals surface area (Å²) in [6.45, 7) is 2.64. The number of rotatable bonds is 2. The van der Waals surface area contributed by atoms with Crippen LogP contribution in [-0.2, 0) is 0 Å². The molecular weight excluding hydrogens is 212 g/mol. The Labute approximate surface area is 105 Å². The SMILES string of the molecule is OC1CCC(NC2CCN3CCCC3C2)CC1. The molecule has 3 heteroatoms. The minimum Gasteiger partial charge on any atom is -0.393 e. The molecule has 0 spiro atoms. The quantitative estimate of drug-likeness (QED) is 0.765. The smallest absolute Gasteiger partial charge is 0.0541 e. The van der Waals surface area contributed by atoms with E-state index in [1.165, 1.54) is 51.6 Å². The molecule has 2 unspecified atom stereocenters. The lowest BCUT2D eigenvalue weighted by atomic mass is 9.90. The van der Waals surface area contributed by atoms with E-state index in [1.807, 2.05) is 0 Å². The van der Waals surface area contributed by atoms with Crippen molar-refractivity contribution in [1.82, 2.24) is 10.2 Å². The Bertz CT molecular complexity index is 251. The zero-order chi connectivity index (χ0) is 11.7. The first-order chi connectivity index (χ1) is 8.31. The highest BCUT2D eigenvalue weighted by atomic mass is 16.3. The molecule has 3 aliphatic rings. The Morgan fingerprint density at radius 2 is 1.71 bits per heavy atom. The second kappa shape index (κ2) is 5.25. The van der Waals surface area contributed by atoms with E-state index in [2.05, 4.69) is 10.2 Å². The Morgan fingerprint density at radius 1 is 0.882 bits per heavy atom. The predicted molar refractivity (Wildman–Crippen MR) is 69.0 cm³/mol. The maximum absolute atomic E-state index is 9.52. The van der Waals surface area contributed by atoms with Crippen molar-refractivity contribution >= 4 is 0 Å². The third kappa shape index (κ3) is 2.83. The molecule has 2 aliphatic heterocycles. The average molecular weight is 238 g/mol. The topological polar surface area (TPSA) is 35.5 Å². The van der Waals surface area contributed by atoms with Crippen LogP contribution in [0.15, 0.2) is 0 Å². The summed E-state index contributed by atoms with van der Waals surface area (Å²) < 4.78 is 0. The molecule has 1 aliphatic carbocycles. The molecule has 3 fully saturated rings. The van der Waals surface area contributed by atoms with Crippen molar-refractivity contribution < 1.29 is 5.11 Å². The molecule has 0 aromatic carbocycles. The first-order valence-electron chi connectivity index (χ1n) is 7.49. The molecule has 3 nitrogen and oxygen atoms in total. The number of fused-ring (bicyclic) bond motifs is 1. The molecule has 0 radical (unpaired) electrons. The van der Waals surface area contributed by atoms with Crippen LogP contribution in [0.3, 0.4) is 0 Å². The highest BCUT2D eigenvalue weighted by Gasteiger charge is 2.32.